The number of hydrogen-bond acceptors (Lipinski definition) is 5. The summed E-state index contributed by atoms with van der Waals surface area (Å²) < 4.78 is 6.71. The van der Waals surface area contributed by atoms with E-state index in [0.717, 1.165) is 48.5 Å². The predicted molar refractivity (Wildman–Crippen MR) is 94.0 cm³/mol. The summed E-state index contributed by atoms with van der Waals surface area (Å²) in [6.45, 7) is 7.93. The summed E-state index contributed by atoms with van der Waals surface area (Å²) in [7, 11) is 0. The van der Waals surface area contributed by atoms with Gasteiger partial charge in [-0.2, -0.15) is 0 Å². The number of carboxylic acid groups (broad SMARTS) is 2. The second-order valence-electron chi connectivity index (χ2n) is 5.11. The number of halogens is 2. The third-order valence-electron chi connectivity index (χ3n) is 3.19. The SMILES string of the molecule is Cc1cc(Cl)c(OCCN2CCNCC2)c(Br)c1.O=C(O)C(=O)O. The Morgan fingerprint density at radius 1 is 1.29 bits per heavy atom. The highest BCUT2D eigenvalue weighted by Gasteiger charge is 2.11. The molecule has 9 heteroatoms. The van der Waals surface area contributed by atoms with Gasteiger partial charge in [0, 0.05) is 32.7 Å². The number of aliphatic carboxylic acids is 2. The van der Waals surface area contributed by atoms with Crippen molar-refractivity contribution in [1.82, 2.24) is 10.2 Å². The maximum atomic E-state index is 9.10. The molecule has 0 spiro atoms. The van der Waals surface area contributed by atoms with Crippen molar-refractivity contribution >= 4 is 39.5 Å². The van der Waals surface area contributed by atoms with E-state index in [-0.39, 0.29) is 0 Å². The molecule has 1 saturated heterocycles. The Balaban J connectivity index is 0.000000413. The van der Waals surface area contributed by atoms with Crippen LogP contribution in [0.1, 0.15) is 5.56 Å². The molecule has 0 bridgehead atoms. The third kappa shape index (κ3) is 7.48. The molecule has 1 aromatic carbocycles. The summed E-state index contributed by atoms with van der Waals surface area (Å²) in [4.78, 5) is 20.6. The largest absolute Gasteiger partial charge is 0.490 e. The van der Waals surface area contributed by atoms with Crippen LogP contribution in [0.3, 0.4) is 0 Å². The molecule has 0 aromatic heterocycles. The summed E-state index contributed by atoms with van der Waals surface area (Å²) in [5.41, 5.74) is 1.13. The highest BCUT2D eigenvalue weighted by atomic mass is 79.9. The summed E-state index contributed by atoms with van der Waals surface area (Å²) >= 11 is 9.67. The van der Waals surface area contributed by atoms with E-state index in [1.54, 1.807) is 0 Å². The number of hydrogen-bond donors (Lipinski definition) is 3. The number of carbonyl (C=O) groups is 2. The van der Waals surface area contributed by atoms with Gasteiger partial charge in [0.1, 0.15) is 6.61 Å². The predicted octanol–water partition coefficient (Wildman–Crippen LogP) is 1.85. The number of benzene rings is 1. The molecule has 0 atom stereocenters. The monoisotopic (exact) mass is 422 g/mol. The van der Waals surface area contributed by atoms with Crippen molar-refractivity contribution < 1.29 is 24.5 Å². The first-order valence-electron chi connectivity index (χ1n) is 7.29. The minimum absolute atomic E-state index is 0.668. The average molecular weight is 424 g/mol. The topological polar surface area (TPSA) is 99.1 Å². The fourth-order valence-electron chi connectivity index (χ4n) is 2.04. The fraction of sp³-hybridized carbons (Fsp3) is 0.467. The molecule has 1 fully saturated rings. The zero-order valence-electron chi connectivity index (χ0n) is 13.2. The van der Waals surface area contributed by atoms with E-state index in [4.69, 9.17) is 36.1 Å². The Labute approximate surface area is 153 Å². The van der Waals surface area contributed by atoms with E-state index in [0.29, 0.717) is 11.6 Å². The standard InChI is InChI=1S/C13H18BrClN2O.C2H2O4/c1-10-8-11(14)13(12(15)9-10)18-7-6-17-4-2-16-3-5-17;3-1(4)2(5)6/h8-9,16H,2-7H2,1H3;(H,3,4)(H,5,6). The van der Waals surface area contributed by atoms with Gasteiger partial charge in [0.15, 0.2) is 5.75 Å². The molecular formula is C15H20BrClN2O5. The molecule has 0 unspecified atom stereocenters. The molecule has 0 radical (unpaired) electrons. The Bertz CT molecular complexity index is 544. The summed E-state index contributed by atoms with van der Waals surface area (Å²) in [6.07, 6.45) is 0. The molecule has 1 aliphatic heterocycles. The van der Waals surface area contributed by atoms with Crippen molar-refractivity contribution in [2.24, 2.45) is 0 Å². The molecule has 1 aromatic rings. The summed E-state index contributed by atoms with van der Waals surface area (Å²) in [5.74, 6) is -2.90. The maximum Gasteiger partial charge on any atom is 0.414 e. The van der Waals surface area contributed by atoms with Gasteiger partial charge in [-0.25, -0.2) is 9.59 Å². The average Bonchev–Trinajstić information content (AvgIpc) is 2.51. The first-order chi connectivity index (χ1) is 11.3. The Morgan fingerprint density at radius 3 is 2.38 bits per heavy atom. The van der Waals surface area contributed by atoms with Crippen LogP contribution in [-0.4, -0.2) is 66.4 Å². The zero-order chi connectivity index (χ0) is 18.1. The molecule has 0 amide bonds. The number of piperazine rings is 1. The van der Waals surface area contributed by atoms with Gasteiger partial charge in [0.2, 0.25) is 0 Å². The minimum Gasteiger partial charge on any atom is -0.490 e. The second-order valence-corrected chi connectivity index (χ2v) is 6.37. The van der Waals surface area contributed by atoms with E-state index in [1.165, 1.54) is 0 Å². The van der Waals surface area contributed by atoms with Gasteiger partial charge in [-0.05, 0) is 40.5 Å². The number of nitrogens with zero attached hydrogens (tertiary/aromatic N) is 1. The van der Waals surface area contributed by atoms with Gasteiger partial charge in [-0.15, -0.1) is 0 Å². The van der Waals surface area contributed by atoms with Gasteiger partial charge >= 0.3 is 11.9 Å². The lowest BCUT2D eigenvalue weighted by Crippen LogP contribution is -2.44. The van der Waals surface area contributed by atoms with E-state index < -0.39 is 11.9 Å². The van der Waals surface area contributed by atoms with Gasteiger partial charge in [-0.3, -0.25) is 4.90 Å². The molecular weight excluding hydrogens is 404 g/mol. The molecule has 2 rings (SSSR count). The lowest BCUT2D eigenvalue weighted by atomic mass is 10.2. The molecule has 1 heterocycles. The van der Waals surface area contributed by atoms with Gasteiger partial charge in [0.05, 0.1) is 9.50 Å². The van der Waals surface area contributed by atoms with Crippen LogP contribution in [0.2, 0.25) is 5.02 Å². The molecule has 0 aliphatic carbocycles. The molecule has 24 heavy (non-hydrogen) atoms. The lowest BCUT2D eigenvalue weighted by molar-refractivity contribution is -0.159. The molecule has 7 nitrogen and oxygen atoms in total. The van der Waals surface area contributed by atoms with Crippen molar-refractivity contribution in [3.05, 3.63) is 27.2 Å². The molecule has 1 aliphatic rings. The van der Waals surface area contributed by atoms with Crippen LogP contribution in [0.4, 0.5) is 0 Å². The summed E-state index contributed by atoms with van der Waals surface area (Å²) in [6, 6.07) is 3.94. The molecule has 0 saturated carbocycles. The zero-order valence-corrected chi connectivity index (χ0v) is 15.6. The number of rotatable bonds is 4. The smallest absolute Gasteiger partial charge is 0.414 e. The van der Waals surface area contributed by atoms with Crippen molar-refractivity contribution in [3.63, 3.8) is 0 Å². The second kappa shape index (κ2) is 10.5. The van der Waals surface area contributed by atoms with Crippen molar-refractivity contribution in [2.75, 3.05) is 39.3 Å². The highest BCUT2D eigenvalue weighted by molar-refractivity contribution is 9.10. The van der Waals surface area contributed by atoms with E-state index in [2.05, 4.69) is 26.1 Å². The fourth-order valence-corrected chi connectivity index (χ4v) is 3.17. The number of aryl methyl sites for hydroxylation is 1. The van der Waals surface area contributed by atoms with Crippen LogP contribution < -0.4 is 10.1 Å². The first kappa shape index (κ1) is 20.7. The third-order valence-corrected chi connectivity index (χ3v) is 4.06. The van der Waals surface area contributed by atoms with Crippen LogP contribution >= 0.6 is 27.5 Å². The van der Waals surface area contributed by atoms with Crippen LogP contribution in [0.5, 0.6) is 5.75 Å². The Hall–Kier alpha value is -1.35. The highest BCUT2D eigenvalue weighted by Crippen LogP contribution is 2.34. The van der Waals surface area contributed by atoms with Crippen LogP contribution in [0.15, 0.2) is 16.6 Å². The van der Waals surface area contributed by atoms with Crippen molar-refractivity contribution in [1.29, 1.82) is 0 Å². The van der Waals surface area contributed by atoms with Crippen LogP contribution in [0, 0.1) is 6.92 Å². The quantitative estimate of drug-likeness (QED) is 0.636. The Kier molecular flexibility index (Phi) is 9.05. The van der Waals surface area contributed by atoms with Crippen LogP contribution in [-0.2, 0) is 9.59 Å². The van der Waals surface area contributed by atoms with Crippen LogP contribution in [0.25, 0.3) is 0 Å². The van der Waals surface area contributed by atoms with E-state index >= 15 is 0 Å². The van der Waals surface area contributed by atoms with E-state index in [1.807, 2.05) is 19.1 Å². The minimum atomic E-state index is -1.82. The normalized spacial score (nSPS) is 14.5. The number of carboxylic acids is 2. The lowest BCUT2D eigenvalue weighted by Gasteiger charge is -2.27. The van der Waals surface area contributed by atoms with Crippen molar-refractivity contribution in [3.8, 4) is 5.75 Å². The first-order valence-corrected chi connectivity index (χ1v) is 8.46. The number of nitrogens with one attached hydrogen (secondary N) is 1. The van der Waals surface area contributed by atoms with Gasteiger partial charge < -0.3 is 20.3 Å². The van der Waals surface area contributed by atoms with Crippen molar-refractivity contribution in [2.45, 2.75) is 6.92 Å². The summed E-state index contributed by atoms with van der Waals surface area (Å²) in [5, 5.41) is 18.8. The Morgan fingerprint density at radius 2 is 1.88 bits per heavy atom. The number of ether oxygens (including phenoxy) is 1. The maximum absolute atomic E-state index is 9.10. The van der Waals surface area contributed by atoms with Gasteiger partial charge in [0.25, 0.3) is 0 Å². The van der Waals surface area contributed by atoms with E-state index in [9.17, 15) is 0 Å². The molecule has 3 N–H and O–H groups in total. The molecule has 134 valence electrons. The van der Waals surface area contributed by atoms with Gasteiger partial charge in [-0.1, -0.05) is 11.6 Å².